The van der Waals surface area contributed by atoms with Gasteiger partial charge in [0.25, 0.3) is 0 Å². The lowest BCUT2D eigenvalue weighted by Crippen LogP contribution is -2.34. The van der Waals surface area contributed by atoms with Crippen molar-refractivity contribution in [3.63, 3.8) is 0 Å². The maximum atomic E-state index is 12.8. The molecule has 3 rings (SSSR count). The summed E-state index contributed by atoms with van der Waals surface area (Å²) < 4.78 is 10.8. The average molecular weight is 351 g/mol. The fourth-order valence-corrected chi connectivity index (χ4v) is 3.29. The zero-order chi connectivity index (χ0) is 18.5. The molecule has 0 bridgehead atoms. The standard InChI is InChI=1S/C20H21N3O3/c1-25-16-8-9-17(19(12-16)26-2)18-7-4-10-23(18)20(24)22-15-6-3-5-14(11-15)13-21/h3,5-6,8-9,11-12,18H,4,7,10H2,1-2H3,(H,22,24). The summed E-state index contributed by atoms with van der Waals surface area (Å²) in [6, 6.07) is 14.4. The molecule has 1 saturated heterocycles. The number of rotatable bonds is 4. The maximum absolute atomic E-state index is 12.8. The molecule has 0 saturated carbocycles. The van der Waals surface area contributed by atoms with Crippen molar-refractivity contribution in [3.8, 4) is 17.6 Å². The van der Waals surface area contributed by atoms with E-state index in [-0.39, 0.29) is 12.1 Å². The van der Waals surface area contributed by atoms with Gasteiger partial charge in [0.2, 0.25) is 0 Å². The molecule has 0 spiro atoms. The van der Waals surface area contributed by atoms with E-state index in [9.17, 15) is 4.79 Å². The summed E-state index contributed by atoms with van der Waals surface area (Å²) >= 11 is 0. The Morgan fingerprint density at radius 1 is 1.23 bits per heavy atom. The van der Waals surface area contributed by atoms with E-state index >= 15 is 0 Å². The molecule has 1 heterocycles. The number of methoxy groups -OCH3 is 2. The lowest BCUT2D eigenvalue weighted by Gasteiger charge is -2.26. The molecular formula is C20H21N3O3. The minimum atomic E-state index is -0.180. The molecule has 0 radical (unpaired) electrons. The first-order chi connectivity index (χ1) is 12.7. The van der Waals surface area contributed by atoms with Crippen molar-refractivity contribution in [2.24, 2.45) is 0 Å². The molecule has 1 aliphatic heterocycles. The smallest absolute Gasteiger partial charge is 0.322 e. The predicted molar refractivity (Wildman–Crippen MR) is 98.4 cm³/mol. The Balaban J connectivity index is 1.81. The van der Waals surface area contributed by atoms with Crippen LogP contribution in [-0.2, 0) is 0 Å². The molecule has 0 aromatic heterocycles. The van der Waals surface area contributed by atoms with Crippen molar-refractivity contribution in [1.29, 1.82) is 5.26 Å². The maximum Gasteiger partial charge on any atom is 0.322 e. The van der Waals surface area contributed by atoms with Crippen LogP contribution in [0.3, 0.4) is 0 Å². The van der Waals surface area contributed by atoms with E-state index in [4.69, 9.17) is 14.7 Å². The number of amides is 2. The number of nitriles is 1. The third kappa shape index (κ3) is 3.57. The minimum Gasteiger partial charge on any atom is -0.497 e. The van der Waals surface area contributed by atoms with Gasteiger partial charge < -0.3 is 19.7 Å². The van der Waals surface area contributed by atoms with E-state index in [2.05, 4.69) is 11.4 Å². The fraction of sp³-hybridized carbons (Fsp3) is 0.300. The molecule has 6 nitrogen and oxygen atoms in total. The molecule has 2 amide bonds. The van der Waals surface area contributed by atoms with Crippen LogP contribution in [0.2, 0.25) is 0 Å². The molecule has 1 fully saturated rings. The van der Waals surface area contributed by atoms with Gasteiger partial charge in [-0.1, -0.05) is 6.07 Å². The highest BCUT2D eigenvalue weighted by atomic mass is 16.5. The number of benzene rings is 2. The molecule has 1 aliphatic rings. The Kier molecular flexibility index (Phi) is 5.28. The summed E-state index contributed by atoms with van der Waals surface area (Å²) in [7, 11) is 3.23. The Bertz CT molecular complexity index is 844. The molecular weight excluding hydrogens is 330 g/mol. The molecule has 1 unspecified atom stereocenters. The highest BCUT2D eigenvalue weighted by Gasteiger charge is 2.32. The van der Waals surface area contributed by atoms with E-state index in [1.807, 2.05) is 23.1 Å². The van der Waals surface area contributed by atoms with Crippen LogP contribution in [-0.4, -0.2) is 31.7 Å². The normalized spacial score (nSPS) is 16.0. The van der Waals surface area contributed by atoms with Gasteiger partial charge in [-0.2, -0.15) is 5.26 Å². The molecule has 6 heteroatoms. The summed E-state index contributed by atoms with van der Waals surface area (Å²) in [6.45, 7) is 0.670. The largest absolute Gasteiger partial charge is 0.497 e. The van der Waals surface area contributed by atoms with Crippen molar-refractivity contribution >= 4 is 11.7 Å². The fourth-order valence-electron chi connectivity index (χ4n) is 3.29. The average Bonchev–Trinajstić information content (AvgIpc) is 3.17. The Morgan fingerprint density at radius 3 is 2.81 bits per heavy atom. The SMILES string of the molecule is COc1ccc(C2CCCN2C(=O)Nc2cccc(C#N)c2)c(OC)c1. The first-order valence-corrected chi connectivity index (χ1v) is 8.46. The van der Waals surface area contributed by atoms with Gasteiger partial charge in [0, 0.05) is 23.9 Å². The van der Waals surface area contributed by atoms with Gasteiger partial charge in [-0.05, 0) is 43.2 Å². The monoisotopic (exact) mass is 351 g/mol. The van der Waals surface area contributed by atoms with Crippen LogP contribution in [0.15, 0.2) is 42.5 Å². The molecule has 26 heavy (non-hydrogen) atoms. The summed E-state index contributed by atoms with van der Waals surface area (Å²) in [5.74, 6) is 1.42. The highest BCUT2D eigenvalue weighted by molar-refractivity contribution is 5.90. The van der Waals surface area contributed by atoms with E-state index < -0.39 is 0 Å². The van der Waals surface area contributed by atoms with Crippen LogP contribution in [0.25, 0.3) is 0 Å². The summed E-state index contributed by atoms with van der Waals surface area (Å²) in [5, 5.41) is 11.9. The summed E-state index contributed by atoms with van der Waals surface area (Å²) in [5.41, 5.74) is 2.09. The van der Waals surface area contributed by atoms with Crippen LogP contribution >= 0.6 is 0 Å². The second-order valence-corrected chi connectivity index (χ2v) is 6.08. The Hall–Kier alpha value is -3.20. The Labute approximate surface area is 152 Å². The number of likely N-dealkylation sites (tertiary alicyclic amines) is 1. The number of urea groups is 1. The van der Waals surface area contributed by atoms with Gasteiger partial charge in [-0.3, -0.25) is 0 Å². The Morgan fingerprint density at radius 2 is 2.08 bits per heavy atom. The van der Waals surface area contributed by atoms with E-state index in [1.165, 1.54) is 0 Å². The van der Waals surface area contributed by atoms with Crippen molar-refractivity contribution in [2.75, 3.05) is 26.1 Å². The minimum absolute atomic E-state index is 0.0602. The molecule has 1 atom stereocenters. The number of nitrogens with one attached hydrogen (secondary N) is 1. The third-order valence-corrected chi connectivity index (χ3v) is 4.56. The van der Waals surface area contributed by atoms with Crippen molar-refractivity contribution in [2.45, 2.75) is 18.9 Å². The van der Waals surface area contributed by atoms with Crippen LogP contribution < -0.4 is 14.8 Å². The van der Waals surface area contributed by atoms with Gasteiger partial charge in [0.1, 0.15) is 11.5 Å². The third-order valence-electron chi connectivity index (χ3n) is 4.56. The topological polar surface area (TPSA) is 74.6 Å². The van der Waals surface area contributed by atoms with E-state index in [0.717, 1.165) is 18.4 Å². The van der Waals surface area contributed by atoms with E-state index in [0.29, 0.717) is 29.3 Å². The van der Waals surface area contributed by atoms with Gasteiger partial charge in [0.05, 0.1) is 31.9 Å². The van der Waals surface area contributed by atoms with Crippen LogP contribution in [0, 0.1) is 11.3 Å². The summed E-state index contributed by atoms with van der Waals surface area (Å²) in [6.07, 6.45) is 1.79. The first kappa shape index (κ1) is 17.6. The van der Waals surface area contributed by atoms with Crippen molar-refractivity contribution in [3.05, 3.63) is 53.6 Å². The van der Waals surface area contributed by atoms with Crippen LogP contribution in [0.1, 0.15) is 30.0 Å². The number of hydrogen-bond donors (Lipinski definition) is 1. The van der Waals surface area contributed by atoms with Gasteiger partial charge in [-0.25, -0.2) is 4.79 Å². The number of hydrogen-bond acceptors (Lipinski definition) is 4. The second kappa shape index (κ2) is 7.79. The van der Waals surface area contributed by atoms with Crippen molar-refractivity contribution < 1.29 is 14.3 Å². The zero-order valence-electron chi connectivity index (χ0n) is 14.9. The molecule has 2 aromatic rings. The van der Waals surface area contributed by atoms with Gasteiger partial charge in [0.15, 0.2) is 0 Å². The lowest BCUT2D eigenvalue weighted by molar-refractivity contribution is 0.206. The predicted octanol–water partition coefficient (Wildman–Crippen LogP) is 3.94. The lowest BCUT2D eigenvalue weighted by atomic mass is 10.0. The van der Waals surface area contributed by atoms with Gasteiger partial charge >= 0.3 is 6.03 Å². The number of carbonyl (C=O) groups is 1. The second-order valence-electron chi connectivity index (χ2n) is 6.08. The summed E-state index contributed by atoms with van der Waals surface area (Å²) in [4.78, 5) is 14.6. The quantitative estimate of drug-likeness (QED) is 0.905. The molecule has 0 aliphatic carbocycles. The molecule has 1 N–H and O–H groups in total. The number of nitrogens with zero attached hydrogens (tertiary/aromatic N) is 2. The highest BCUT2D eigenvalue weighted by Crippen LogP contribution is 2.38. The van der Waals surface area contributed by atoms with Crippen molar-refractivity contribution in [1.82, 2.24) is 4.90 Å². The van der Waals surface area contributed by atoms with Gasteiger partial charge in [-0.15, -0.1) is 0 Å². The molecule has 2 aromatic carbocycles. The number of ether oxygens (including phenoxy) is 2. The van der Waals surface area contributed by atoms with E-state index in [1.54, 1.807) is 38.5 Å². The number of anilines is 1. The zero-order valence-corrected chi connectivity index (χ0v) is 14.9. The number of carbonyl (C=O) groups excluding carboxylic acids is 1. The van der Waals surface area contributed by atoms with Crippen LogP contribution in [0.4, 0.5) is 10.5 Å². The van der Waals surface area contributed by atoms with Crippen LogP contribution in [0.5, 0.6) is 11.5 Å². The molecule has 134 valence electrons. The first-order valence-electron chi connectivity index (χ1n) is 8.46.